The first-order chi connectivity index (χ1) is 17.6. The zero-order valence-electron chi connectivity index (χ0n) is 21.8. The number of hydrogen-bond donors (Lipinski definition) is 1. The van der Waals surface area contributed by atoms with Crippen molar-refractivity contribution in [3.8, 4) is 0 Å². The molecule has 0 atom stereocenters. The predicted octanol–water partition coefficient (Wildman–Crippen LogP) is 4.59. The summed E-state index contributed by atoms with van der Waals surface area (Å²) in [5, 5.41) is 3.32. The van der Waals surface area contributed by atoms with Crippen LogP contribution in [0.2, 0.25) is 0 Å². The molecular weight excluding hydrogens is 448 g/mol. The van der Waals surface area contributed by atoms with Gasteiger partial charge in [-0.15, -0.1) is 0 Å². The Balaban J connectivity index is 1.33. The van der Waals surface area contributed by atoms with E-state index in [0.29, 0.717) is 13.1 Å². The molecule has 36 heavy (non-hydrogen) atoms. The van der Waals surface area contributed by atoms with Crippen molar-refractivity contribution in [2.45, 2.75) is 71.0 Å². The number of hydrogen-bond acceptors (Lipinski definition) is 4. The average Bonchev–Trinajstić information content (AvgIpc) is 2.87. The molecule has 0 unspecified atom stereocenters. The van der Waals surface area contributed by atoms with Crippen molar-refractivity contribution in [2.24, 2.45) is 0 Å². The number of piperidine rings is 1. The molecule has 1 saturated heterocycles. The monoisotopic (exact) mass is 490 g/mol. The van der Waals surface area contributed by atoms with Crippen LogP contribution in [0.15, 0.2) is 54.6 Å². The van der Waals surface area contributed by atoms with Gasteiger partial charge in [0, 0.05) is 51.4 Å². The molecule has 0 aromatic heterocycles. The zero-order valence-corrected chi connectivity index (χ0v) is 21.8. The van der Waals surface area contributed by atoms with E-state index in [1.165, 1.54) is 18.4 Å². The van der Waals surface area contributed by atoms with Crippen molar-refractivity contribution >= 4 is 17.5 Å². The van der Waals surface area contributed by atoms with E-state index >= 15 is 0 Å². The minimum atomic E-state index is 0.0856. The molecule has 2 aliphatic heterocycles. The summed E-state index contributed by atoms with van der Waals surface area (Å²) in [7, 11) is 0. The Kier molecular flexibility index (Phi) is 9.93. The van der Waals surface area contributed by atoms with Crippen molar-refractivity contribution < 1.29 is 9.59 Å². The van der Waals surface area contributed by atoms with E-state index in [4.69, 9.17) is 0 Å². The molecule has 0 radical (unpaired) electrons. The summed E-state index contributed by atoms with van der Waals surface area (Å²) in [6.45, 7) is 7.40. The van der Waals surface area contributed by atoms with Gasteiger partial charge < -0.3 is 10.2 Å². The fourth-order valence-electron chi connectivity index (χ4n) is 5.50. The molecule has 0 spiro atoms. The third-order valence-corrected chi connectivity index (χ3v) is 7.48. The van der Waals surface area contributed by atoms with Crippen LogP contribution in [-0.2, 0) is 22.7 Å². The summed E-state index contributed by atoms with van der Waals surface area (Å²) < 4.78 is 0. The molecule has 2 heterocycles. The van der Waals surface area contributed by atoms with Crippen LogP contribution in [0.3, 0.4) is 0 Å². The standard InChI is InChI=1S/C30H42N4O2/c1-25(35)34-19-11-4-2-3-10-18-33(23-27-14-8-9-15-29(27)34)24-30(36)31-28-16-20-32(21-17-28)22-26-12-6-5-7-13-26/h5-9,12-15,28H,2-4,10-11,16-24H2,1H3,(H,31,36). The number of rotatable bonds is 5. The maximum absolute atomic E-state index is 13.1. The Hall–Kier alpha value is -2.70. The molecular formula is C30H42N4O2. The summed E-state index contributed by atoms with van der Waals surface area (Å²) in [6.07, 6.45) is 7.60. The maximum atomic E-state index is 13.1. The minimum Gasteiger partial charge on any atom is -0.352 e. The van der Waals surface area contributed by atoms with Crippen LogP contribution in [0.1, 0.15) is 63.0 Å². The second-order valence-corrected chi connectivity index (χ2v) is 10.4. The van der Waals surface area contributed by atoms with E-state index in [-0.39, 0.29) is 17.9 Å². The maximum Gasteiger partial charge on any atom is 0.234 e. The second kappa shape index (κ2) is 13.6. The van der Waals surface area contributed by atoms with Gasteiger partial charge in [-0.05, 0) is 49.4 Å². The number of nitrogens with one attached hydrogen (secondary N) is 1. The van der Waals surface area contributed by atoms with E-state index in [2.05, 4.69) is 51.5 Å². The van der Waals surface area contributed by atoms with E-state index in [1.54, 1.807) is 6.92 Å². The van der Waals surface area contributed by atoms with Crippen LogP contribution < -0.4 is 10.2 Å². The van der Waals surface area contributed by atoms with Gasteiger partial charge in [0.05, 0.1) is 6.54 Å². The Labute approximate surface area is 216 Å². The number of carbonyl (C=O) groups is 2. The number of anilines is 1. The predicted molar refractivity (Wildman–Crippen MR) is 146 cm³/mol. The summed E-state index contributed by atoms with van der Waals surface area (Å²) >= 11 is 0. The number of fused-ring (bicyclic) bond motifs is 1. The second-order valence-electron chi connectivity index (χ2n) is 10.4. The lowest BCUT2D eigenvalue weighted by molar-refractivity contribution is -0.123. The first kappa shape index (κ1) is 26.4. The zero-order chi connectivity index (χ0) is 25.2. The van der Waals surface area contributed by atoms with E-state index in [9.17, 15) is 9.59 Å². The smallest absolute Gasteiger partial charge is 0.234 e. The molecule has 1 fully saturated rings. The van der Waals surface area contributed by atoms with Gasteiger partial charge in [0.15, 0.2) is 0 Å². The lowest BCUT2D eigenvalue weighted by Gasteiger charge is -2.33. The van der Waals surface area contributed by atoms with Crippen molar-refractivity contribution in [2.75, 3.05) is 37.6 Å². The van der Waals surface area contributed by atoms with E-state index in [0.717, 1.165) is 76.1 Å². The van der Waals surface area contributed by atoms with Gasteiger partial charge in [-0.1, -0.05) is 67.8 Å². The number of nitrogens with zero attached hydrogens (tertiary/aromatic N) is 3. The van der Waals surface area contributed by atoms with Crippen LogP contribution in [0, 0.1) is 0 Å². The van der Waals surface area contributed by atoms with Crippen LogP contribution in [0.4, 0.5) is 5.69 Å². The molecule has 6 nitrogen and oxygen atoms in total. The van der Waals surface area contributed by atoms with Crippen LogP contribution >= 0.6 is 0 Å². The summed E-state index contributed by atoms with van der Waals surface area (Å²) in [5.41, 5.74) is 3.45. The van der Waals surface area contributed by atoms with E-state index < -0.39 is 0 Å². The molecule has 2 amide bonds. The van der Waals surface area contributed by atoms with Crippen molar-refractivity contribution in [1.82, 2.24) is 15.1 Å². The highest BCUT2D eigenvalue weighted by Crippen LogP contribution is 2.24. The molecule has 4 rings (SSSR count). The number of benzene rings is 2. The van der Waals surface area contributed by atoms with Crippen molar-refractivity contribution in [1.29, 1.82) is 0 Å². The Bertz CT molecular complexity index is 972. The lowest BCUT2D eigenvalue weighted by atomic mass is 10.0. The van der Waals surface area contributed by atoms with Crippen molar-refractivity contribution in [3.63, 3.8) is 0 Å². The third-order valence-electron chi connectivity index (χ3n) is 7.48. The van der Waals surface area contributed by atoms with Gasteiger partial charge in [0.25, 0.3) is 0 Å². The van der Waals surface area contributed by atoms with Gasteiger partial charge >= 0.3 is 0 Å². The number of para-hydroxylation sites is 1. The van der Waals surface area contributed by atoms with E-state index in [1.807, 2.05) is 23.1 Å². The topological polar surface area (TPSA) is 55.9 Å². The molecule has 0 saturated carbocycles. The minimum absolute atomic E-state index is 0.0856. The fourth-order valence-corrected chi connectivity index (χ4v) is 5.50. The highest BCUT2D eigenvalue weighted by molar-refractivity contribution is 5.92. The molecule has 2 aromatic carbocycles. The molecule has 2 aliphatic rings. The first-order valence-electron chi connectivity index (χ1n) is 13.7. The first-order valence-corrected chi connectivity index (χ1v) is 13.7. The highest BCUT2D eigenvalue weighted by Gasteiger charge is 2.23. The van der Waals surface area contributed by atoms with Gasteiger partial charge in [-0.2, -0.15) is 0 Å². The molecule has 0 aliphatic carbocycles. The van der Waals surface area contributed by atoms with Crippen LogP contribution in [0.5, 0.6) is 0 Å². The SMILES string of the molecule is CC(=O)N1CCCCCCCN(CC(=O)NC2CCN(Cc3ccccc3)CC2)Cc2ccccc21. The molecule has 1 N–H and O–H groups in total. The number of amides is 2. The van der Waals surface area contributed by atoms with Gasteiger partial charge in [-0.25, -0.2) is 0 Å². The van der Waals surface area contributed by atoms with Crippen molar-refractivity contribution in [3.05, 3.63) is 65.7 Å². The van der Waals surface area contributed by atoms with Gasteiger partial charge in [0.1, 0.15) is 0 Å². The Morgan fingerprint density at radius 2 is 1.47 bits per heavy atom. The van der Waals surface area contributed by atoms with Crippen LogP contribution in [-0.4, -0.2) is 60.4 Å². The number of carbonyl (C=O) groups excluding carboxylic acids is 2. The third kappa shape index (κ3) is 7.90. The van der Waals surface area contributed by atoms with Gasteiger partial charge in [-0.3, -0.25) is 19.4 Å². The normalized spacial score (nSPS) is 19.1. The number of likely N-dealkylation sites (tertiary alicyclic amines) is 1. The lowest BCUT2D eigenvalue weighted by Crippen LogP contribution is -2.47. The summed E-state index contributed by atoms with van der Waals surface area (Å²) in [5.74, 6) is 0.201. The molecule has 6 heteroatoms. The molecule has 0 bridgehead atoms. The summed E-state index contributed by atoms with van der Waals surface area (Å²) in [4.78, 5) is 32.2. The highest BCUT2D eigenvalue weighted by atomic mass is 16.2. The quantitative estimate of drug-likeness (QED) is 0.666. The molecule has 194 valence electrons. The fraction of sp³-hybridized carbons (Fsp3) is 0.533. The Morgan fingerprint density at radius 3 is 2.22 bits per heavy atom. The molecule has 2 aromatic rings. The largest absolute Gasteiger partial charge is 0.352 e. The van der Waals surface area contributed by atoms with Crippen LogP contribution in [0.25, 0.3) is 0 Å². The summed E-state index contributed by atoms with van der Waals surface area (Å²) in [6, 6.07) is 19.0. The Morgan fingerprint density at radius 1 is 0.806 bits per heavy atom. The average molecular weight is 491 g/mol. The van der Waals surface area contributed by atoms with Gasteiger partial charge in [0.2, 0.25) is 11.8 Å².